The summed E-state index contributed by atoms with van der Waals surface area (Å²) in [6.07, 6.45) is 9.30. The van der Waals surface area contributed by atoms with Crippen molar-refractivity contribution in [3.05, 3.63) is 86.3 Å². The van der Waals surface area contributed by atoms with E-state index < -0.39 is 0 Å². The number of para-hydroxylation sites is 1. The number of carbonyl (C=O) groups excluding carboxylic acids is 1. The lowest BCUT2D eigenvalue weighted by Gasteiger charge is -2.27. The Morgan fingerprint density at radius 1 is 0.897 bits per heavy atom. The van der Waals surface area contributed by atoms with Crippen molar-refractivity contribution in [2.24, 2.45) is 0 Å². The molecule has 3 heterocycles. The maximum absolute atomic E-state index is 13.1. The largest absolute Gasteiger partial charge is 0.341 e. The lowest BCUT2D eigenvalue weighted by Crippen LogP contribution is -2.28. The van der Waals surface area contributed by atoms with Gasteiger partial charge < -0.3 is 9.80 Å². The minimum absolute atomic E-state index is 0.00567. The van der Waals surface area contributed by atoms with E-state index in [1.54, 1.807) is 16.7 Å². The Morgan fingerprint density at radius 3 is 2.38 bits per heavy atom. The fourth-order valence-corrected chi connectivity index (χ4v) is 8.29. The van der Waals surface area contributed by atoms with Crippen molar-refractivity contribution in [2.75, 3.05) is 24.5 Å². The van der Waals surface area contributed by atoms with Crippen molar-refractivity contribution in [3.63, 3.8) is 0 Å². The number of amides is 1. The number of benzene rings is 2. The third-order valence-corrected chi connectivity index (χ3v) is 10.4. The van der Waals surface area contributed by atoms with Gasteiger partial charge in [0, 0.05) is 41.6 Å². The molecule has 1 amide bonds. The zero-order valence-corrected chi connectivity index (χ0v) is 25.6. The van der Waals surface area contributed by atoms with Gasteiger partial charge in [-0.1, -0.05) is 92.8 Å². The number of thioether (sulfide) groups is 2. The fraction of sp³-hybridized carbons (Fsp3) is 0.375. The standard InChI is InChI=1S/C32H37N3OS3/c1-5-8-9-12-19-35-26-14-11-10-13-24(26)16-17-25-20-23(15-18-27(25)35)21-28-22(4)33(6-2)31(38-28)29-30(36)34(7-3)32(37)39-29/h10-11,13-15,18,20-21H,4-9,12,16-17,19H2,1-3H3/b28-21+,31-29+. The number of hydrogen-bond acceptors (Lipinski definition) is 6. The molecule has 0 N–H and O–H groups in total. The van der Waals surface area contributed by atoms with E-state index in [2.05, 4.69) is 78.8 Å². The number of anilines is 2. The van der Waals surface area contributed by atoms with Gasteiger partial charge in [0.2, 0.25) is 0 Å². The first-order valence-electron chi connectivity index (χ1n) is 14.1. The third-order valence-electron chi connectivity index (χ3n) is 7.61. The lowest BCUT2D eigenvalue weighted by molar-refractivity contribution is -0.122. The van der Waals surface area contributed by atoms with E-state index in [-0.39, 0.29) is 5.91 Å². The SMILES string of the molecule is C=C1/C(=C\c2ccc3c(c2)CCc2ccccc2N3CCCCCC)S/C(=C2/SC(=S)N(CC)C2=O)N1CC. The molecule has 3 aliphatic rings. The summed E-state index contributed by atoms with van der Waals surface area (Å²) in [6, 6.07) is 15.8. The van der Waals surface area contributed by atoms with E-state index in [0.29, 0.717) is 10.9 Å². The van der Waals surface area contributed by atoms with Gasteiger partial charge in [-0.3, -0.25) is 9.69 Å². The first-order valence-corrected chi connectivity index (χ1v) is 16.1. The molecule has 3 aliphatic heterocycles. The smallest absolute Gasteiger partial charge is 0.268 e. The molecule has 5 rings (SSSR count). The van der Waals surface area contributed by atoms with Crippen LogP contribution >= 0.6 is 35.7 Å². The number of rotatable bonds is 8. The molecule has 2 fully saturated rings. The number of fused-ring (bicyclic) bond motifs is 2. The quantitative estimate of drug-likeness (QED) is 0.178. The van der Waals surface area contributed by atoms with Crippen LogP contribution in [0.2, 0.25) is 0 Å². The Hall–Kier alpha value is -2.48. The minimum Gasteiger partial charge on any atom is -0.341 e. The van der Waals surface area contributed by atoms with Crippen LogP contribution in [0.3, 0.4) is 0 Å². The second-order valence-electron chi connectivity index (χ2n) is 10.1. The van der Waals surface area contributed by atoms with Gasteiger partial charge >= 0.3 is 0 Å². The normalized spacial score (nSPS) is 20.2. The van der Waals surface area contributed by atoms with Gasteiger partial charge in [-0.05, 0) is 74.1 Å². The molecule has 39 heavy (non-hydrogen) atoms. The first-order chi connectivity index (χ1) is 19.0. The maximum atomic E-state index is 13.1. The second kappa shape index (κ2) is 12.4. The summed E-state index contributed by atoms with van der Waals surface area (Å²) in [7, 11) is 0. The number of unbranched alkanes of at least 4 members (excludes halogenated alkanes) is 3. The summed E-state index contributed by atoms with van der Waals surface area (Å²) >= 11 is 8.52. The highest BCUT2D eigenvalue weighted by Crippen LogP contribution is 2.50. The molecule has 0 spiro atoms. The van der Waals surface area contributed by atoms with Crippen LogP contribution in [0.4, 0.5) is 11.4 Å². The average molecular weight is 576 g/mol. The van der Waals surface area contributed by atoms with Gasteiger partial charge in [0.1, 0.15) is 14.3 Å². The van der Waals surface area contributed by atoms with Crippen LogP contribution in [0, 0.1) is 0 Å². The van der Waals surface area contributed by atoms with Crippen molar-refractivity contribution in [2.45, 2.75) is 59.3 Å². The van der Waals surface area contributed by atoms with Gasteiger partial charge in [0.15, 0.2) is 0 Å². The van der Waals surface area contributed by atoms with Crippen LogP contribution in [0.5, 0.6) is 0 Å². The summed E-state index contributed by atoms with van der Waals surface area (Å²) in [4.78, 5) is 21.2. The summed E-state index contributed by atoms with van der Waals surface area (Å²) in [6.45, 7) is 13.1. The number of likely N-dealkylation sites (N-methyl/N-ethyl adjacent to an activating group) is 2. The maximum Gasteiger partial charge on any atom is 0.268 e. The van der Waals surface area contributed by atoms with Gasteiger partial charge in [0.25, 0.3) is 5.91 Å². The van der Waals surface area contributed by atoms with Crippen LogP contribution in [-0.4, -0.2) is 39.7 Å². The molecule has 4 nitrogen and oxygen atoms in total. The number of thiocarbonyl (C=S) groups is 1. The molecule has 0 unspecified atom stereocenters. The summed E-state index contributed by atoms with van der Waals surface area (Å²) < 4.78 is 0.635. The highest BCUT2D eigenvalue weighted by molar-refractivity contribution is 8.27. The number of hydrogen-bond donors (Lipinski definition) is 0. The Morgan fingerprint density at radius 2 is 1.64 bits per heavy atom. The minimum atomic E-state index is 0.00567. The van der Waals surface area contributed by atoms with Crippen molar-refractivity contribution in [3.8, 4) is 0 Å². The van der Waals surface area contributed by atoms with Gasteiger partial charge in [-0.2, -0.15) is 0 Å². The molecule has 2 saturated heterocycles. The van der Waals surface area contributed by atoms with E-state index in [1.807, 2.05) is 6.92 Å². The Bertz CT molecular complexity index is 1360. The molecule has 0 saturated carbocycles. The zero-order valence-electron chi connectivity index (χ0n) is 23.2. The third kappa shape index (κ3) is 5.59. The van der Waals surface area contributed by atoms with Crippen LogP contribution in [-0.2, 0) is 17.6 Å². The van der Waals surface area contributed by atoms with Crippen LogP contribution in [0.25, 0.3) is 6.08 Å². The van der Waals surface area contributed by atoms with Gasteiger partial charge in [-0.15, -0.1) is 0 Å². The molecule has 2 aromatic carbocycles. The van der Waals surface area contributed by atoms with Crippen molar-refractivity contribution in [1.82, 2.24) is 9.80 Å². The number of nitrogens with zero attached hydrogens (tertiary/aromatic N) is 3. The highest BCUT2D eigenvalue weighted by Gasteiger charge is 2.38. The molecular formula is C32H37N3OS3. The van der Waals surface area contributed by atoms with Crippen LogP contribution in [0.1, 0.15) is 63.1 Å². The molecule has 0 radical (unpaired) electrons. The Labute approximate surface area is 247 Å². The van der Waals surface area contributed by atoms with Crippen molar-refractivity contribution in [1.29, 1.82) is 0 Å². The van der Waals surface area contributed by atoms with E-state index in [0.717, 1.165) is 46.5 Å². The van der Waals surface area contributed by atoms with Gasteiger partial charge in [0.05, 0.1) is 0 Å². The molecule has 0 bridgehead atoms. The second-order valence-corrected chi connectivity index (χ2v) is 12.8. The Kier molecular flexibility index (Phi) is 8.89. The lowest BCUT2D eigenvalue weighted by atomic mass is 10.0. The molecule has 0 aliphatic carbocycles. The monoisotopic (exact) mass is 575 g/mol. The van der Waals surface area contributed by atoms with E-state index >= 15 is 0 Å². The van der Waals surface area contributed by atoms with Crippen LogP contribution < -0.4 is 4.90 Å². The Balaban J connectivity index is 1.46. The fourth-order valence-electron chi connectivity index (χ4n) is 5.52. The molecule has 0 aromatic heterocycles. The summed E-state index contributed by atoms with van der Waals surface area (Å²) in [5.74, 6) is 0.00567. The highest BCUT2D eigenvalue weighted by atomic mass is 32.2. The number of aryl methyl sites for hydroxylation is 2. The zero-order chi connectivity index (χ0) is 27.5. The average Bonchev–Trinajstić information content (AvgIpc) is 3.35. The molecule has 7 heteroatoms. The van der Waals surface area contributed by atoms with Gasteiger partial charge in [-0.25, -0.2) is 0 Å². The van der Waals surface area contributed by atoms with E-state index in [1.165, 1.54) is 65.5 Å². The van der Waals surface area contributed by atoms with E-state index in [9.17, 15) is 4.79 Å². The summed E-state index contributed by atoms with van der Waals surface area (Å²) in [5, 5.41) is 0.950. The van der Waals surface area contributed by atoms with Crippen molar-refractivity contribution < 1.29 is 4.79 Å². The summed E-state index contributed by atoms with van der Waals surface area (Å²) in [5.41, 5.74) is 7.62. The van der Waals surface area contributed by atoms with E-state index in [4.69, 9.17) is 12.2 Å². The molecule has 0 atom stereocenters. The molecule has 2 aromatic rings. The molecular weight excluding hydrogens is 539 g/mol. The predicted molar refractivity (Wildman–Crippen MR) is 173 cm³/mol. The number of carbonyl (C=O) groups is 1. The molecule has 204 valence electrons. The first kappa shape index (κ1) is 28.1. The topological polar surface area (TPSA) is 26.8 Å². The van der Waals surface area contributed by atoms with Crippen LogP contribution in [0.15, 0.2) is 69.6 Å². The predicted octanol–water partition coefficient (Wildman–Crippen LogP) is 8.48. The van der Waals surface area contributed by atoms with Crippen molar-refractivity contribution >= 4 is 63.4 Å².